The lowest BCUT2D eigenvalue weighted by Gasteiger charge is -2.69. The van der Waals surface area contributed by atoms with Crippen molar-refractivity contribution in [1.82, 2.24) is 4.57 Å². The van der Waals surface area contributed by atoms with Crippen LogP contribution in [0.15, 0.2) is 30.3 Å². The minimum Gasteiger partial charge on any atom is -0.494 e. The minimum absolute atomic E-state index is 0.107. The Morgan fingerprint density at radius 2 is 1.76 bits per heavy atom. The van der Waals surface area contributed by atoms with Crippen molar-refractivity contribution in [3.8, 4) is 17.5 Å². The lowest BCUT2D eigenvalue weighted by atomic mass is 9.44. The maximum absolute atomic E-state index is 14.6. The van der Waals surface area contributed by atoms with E-state index in [9.17, 15) is 37.0 Å². The number of halogens is 5. The summed E-state index contributed by atoms with van der Waals surface area (Å²) in [6.07, 6.45) is -4.90. The molecule has 4 atom stereocenters. The smallest absolute Gasteiger partial charge is 0.417 e. The summed E-state index contributed by atoms with van der Waals surface area (Å²) in [4.78, 5) is 13.5. The average Bonchev–Trinajstić information content (AvgIpc) is 3.28. The highest BCUT2D eigenvalue weighted by Gasteiger charge is 2.68. The third kappa shape index (κ3) is 3.67. The molecule has 4 unspecified atom stereocenters. The van der Waals surface area contributed by atoms with Gasteiger partial charge in [0.25, 0.3) is 5.91 Å². The molecule has 2 aromatic carbocycles. The SMILES string of the molecule is COc1c(C2C(C(=O)Nc3ccc4c(O)n(C56CC(N)(C5)C6)c(O)c4c3)OC(C)(C(F)(F)F)C2C)ccc(F)c1F. The number of rotatable bonds is 5. The van der Waals surface area contributed by atoms with Crippen molar-refractivity contribution in [3.63, 3.8) is 0 Å². The van der Waals surface area contributed by atoms with E-state index in [4.69, 9.17) is 15.2 Å². The Bertz CT molecular complexity index is 1580. The van der Waals surface area contributed by atoms with Crippen LogP contribution in [0.4, 0.5) is 27.6 Å². The first-order valence-corrected chi connectivity index (χ1v) is 13.0. The molecule has 41 heavy (non-hydrogen) atoms. The number of aromatic nitrogens is 1. The van der Waals surface area contributed by atoms with Crippen LogP contribution in [0.2, 0.25) is 0 Å². The first-order valence-electron chi connectivity index (χ1n) is 13.0. The van der Waals surface area contributed by atoms with Crippen molar-refractivity contribution >= 4 is 22.4 Å². The second-order valence-electron chi connectivity index (χ2n) is 11.8. The monoisotopic (exact) mass is 581 g/mol. The second kappa shape index (κ2) is 8.48. The molecule has 2 heterocycles. The van der Waals surface area contributed by atoms with Gasteiger partial charge in [-0.15, -0.1) is 0 Å². The molecule has 220 valence electrons. The van der Waals surface area contributed by atoms with Gasteiger partial charge in [0.1, 0.15) is 6.10 Å². The van der Waals surface area contributed by atoms with Crippen molar-refractivity contribution in [2.45, 2.75) is 68.0 Å². The molecule has 13 heteroatoms. The zero-order valence-electron chi connectivity index (χ0n) is 22.3. The molecule has 3 aromatic rings. The fourth-order valence-electron chi connectivity index (χ4n) is 7.09. The van der Waals surface area contributed by atoms with Crippen LogP contribution < -0.4 is 15.8 Å². The molecule has 5 N–H and O–H groups in total. The predicted octanol–water partition coefficient (Wildman–Crippen LogP) is 5.01. The van der Waals surface area contributed by atoms with Gasteiger partial charge in [0.05, 0.1) is 12.6 Å². The summed E-state index contributed by atoms with van der Waals surface area (Å²) in [5, 5.41) is 24.8. The zero-order valence-corrected chi connectivity index (χ0v) is 22.3. The van der Waals surface area contributed by atoms with E-state index in [1.54, 1.807) is 0 Å². The lowest BCUT2D eigenvalue weighted by Crippen LogP contribution is -2.76. The van der Waals surface area contributed by atoms with Crippen LogP contribution in [-0.4, -0.2) is 51.2 Å². The lowest BCUT2D eigenvalue weighted by molar-refractivity contribution is -0.272. The number of carbonyl (C=O) groups excluding carboxylic acids is 1. The number of hydrogen-bond acceptors (Lipinski definition) is 6. The van der Waals surface area contributed by atoms with Gasteiger partial charge >= 0.3 is 6.18 Å². The van der Waals surface area contributed by atoms with E-state index in [1.165, 1.54) is 29.7 Å². The van der Waals surface area contributed by atoms with Crippen molar-refractivity contribution in [1.29, 1.82) is 0 Å². The van der Waals surface area contributed by atoms with E-state index in [1.807, 2.05) is 0 Å². The van der Waals surface area contributed by atoms with Crippen LogP contribution >= 0.6 is 0 Å². The molecule has 0 radical (unpaired) electrons. The van der Waals surface area contributed by atoms with Gasteiger partial charge in [0, 0.05) is 39.4 Å². The quantitative estimate of drug-likeness (QED) is 0.315. The molecule has 1 aromatic heterocycles. The maximum Gasteiger partial charge on any atom is 0.417 e. The van der Waals surface area contributed by atoms with E-state index < -0.39 is 58.5 Å². The van der Waals surface area contributed by atoms with Crippen LogP contribution in [0.25, 0.3) is 10.8 Å². The molecule has 4 aliphatic rings. The van der Waals surface area contributed by atoms with Crippen LogP contribution in [0.5, 0.6) is 17.5 Å². The number of nitrogens with one attached hydrogen (secondary N) is 1. The van der Waals surface area contributed by atoms with Gasteiger partial charge in [0.15, 0.2) is 17.2 Å². The number of aromatic hydroxyl groups is 2. The summed E-state index contributed by atoms with van der Waals surface area (Å²) in [6.45, 7) is 2.02. The Morgan fingerprint density at radius 3 is 2.34 bits per heavy atom. The number of nitrogens with two attached hydrogens (primary N) is 1. The average molecular weight is 582 g/mol. The molecule has 7 rings (SSSR count). The number of ether oxygens (including phenoxy) is 2. The molecular formula is C28H28F5N3O5. The van der Waals surface area contributed by atoms with Gasteiger partial charge in [-0.1, -0.05) is 13.0 Å². The normalized spacial score (nSPS) is 32.5. The third-order valence-electron chi connectivity index (χ3n) is 9.28. The number of amides is 1. The van der Waals surface area contributed by atoms with Crippen molar-refractivity contribution < 1.29 is 46.4 Å². The number of carbonyl (C=O) groups is 1. The van der Waals surface area contributed by atoms with Crippen LogP contribution in [0.3, 0.4) is 0 Å². The van der Waals surface area contributed by atoms with E-state index in [0.29, 0.717) is 24.6 Å². The van der Waals surface area contributed by atoms with Gasteiger partial charge in [-0.2, -0.15) is 17.6 Å². The number of methoxy groups -OCH3 is 1. The largest absolute Gasteiger partial charge is 0.494 e. The molecule has 0 spiro atoms. The van der Waals surface area contributed by atoms with Gasteiger partial charge in [-0.05, 0) is 50.5 Å². The predicted molar refractivity (Wildman–Crippen MR) is 137 cm³/mol. The molecule has 1 amide bonds. The Labute approximate surface area is 230 Å². The third-order valence-corrected chi connectivity index (χ3v) is 9.28. The Hall–Kier alpha value is -3.58. The molecular weight excluding hydrogens is 553 g/mol. The first kappa shape index (κ1) is 27.6. The van der Waals surface area contributed by atoms with Gasteiger partial charge in [-0.25, -0.2) is 4.39 Å². The van der Waals surface area contributed by atoms with Crippen LogP contribution in [-0.2, 0) is 15.1 Å². The fourth-order valence-corrected chi connectivity index (χ4v) is 7.09. The Balaban J connectivity index is 1.36. The summed E-state index contributed by atoms with van der Waals surface area (Å²) in [5.41, 5.74) is 2.49. The van der Waals surface area contributed by atoms with Crippen molar-refractivity contribution in [2.75, 3.05) is 12.4 Å². The van der Waals surface area contributed by atoms with Crippen molar-refractivity contribution in [3.05, 3.63) is 47.5 Å². The molecule has 4 fully saturated rings. The summed E-state index contributed by atoms with van der Waals surface area (Å²) in [6, 6.07) is 6.11. The summed E-state index contributed by atoms with van der Waals surface area (Å²) < 4.78 is 83.0. The summed E-state index contributed by atoms with van der Waals surface area (Å²) in [7, 11) is 1.05. The minimum atomic E-state index is -4.90. The topological polar surface area (TPSA) is 119 Å². The summed E-state index contributed by atoms with van der Waals surface area (Å²) in [5.74, 6) is -7.42. The highest BCUT2D eigenvalue weighted by Crippen LogP contribution is 2.66. The van der Waals surface area contributed by atoms with E-state index in [2.05, 4.69) is 5.32 Å². The first-order chi connectivity index (χ1) is 19.1. The molecule has 2 bridgehead atoms. The Morgan fingerprint density at radius 1 is 1.12 bits per heavy atom. The molecule has 1 aliphatic heterocycles. The maximum atomic E-state index is 14.6. The fraction of sp³-hybridized carbons (Fsp3) is 0.464. The molecule has 3 saturated carbocycles. The number of anilines is 1. The van der Waals surface area contributed by atoms with E-state index in [0.717, 1.165) is 26.2 Å². The van der Waals surface area contributed by atoms with Gasteiger partial charge in [0.2, 0.25) is 17.6 Å². The molecule has 3 aliphatic carbocycles. The van der Waals surface area contributed by atoms with Crippen LogP contribution in [0.1, 0.15) is 44.6 Å². The van der Waals surface area contributed by atoms with E-state index in [-0.39, 0.29) is 33.9 Å². The van der Waals surface area contributed by atoms with Crippen LogP contribution in [0, 0.1) is 17.6 Å². The number of benzene rings is 2. The number of alkyl halides is 3. The van der Waals surface area contributed by atoms with Crippen molar-refractivity contribution in [2.24, 2.45) is 11.7 Å². The standard InChI is InChI=1S/C28H28F5N3O5/c1-12-18(15-6-7-17(29)19(30)20(15)40-3)21(41-25(12,2)28(31,32)33)22(37)35-13-4-5-14-16(8-13)24(39)36(23(14)38)27-9-26(34,10-27)11-27/h4-8,12,18,21,38-39H,9-11,34H2,1-3H3,(H,35,37). The zero-order chi connectivity index (χ0) is 29.9. The highest BCUT2D eigenvalue weighted by molar-refractivity contribution is 6.00. The number of nitrogens with zero attached hydrogens (tertiary/aromatic N) is 1. The Kier molecular flexibility index (Phi) is 5.70. The summed E-state index contributed by atoms with van der Waals surface area (Å²) >= 11 is 0. The molecule has 1 saturated heterocycles. The van der Waals surface area contributed by atoms with E-state index >= 15 is 0 Å². The van der Waals surface area contributed by atoms with Gasteiger partial charge in [-0.3, -0.25) is 9.36 Å². The van der Waals surface area contributed by atoms with Gasteiger partial charge < -0.3 is 30.7 Å². The highest BCUT2D eigenvalue weighted by atomic mass is 19.4. The number of fused-ring (bicyclic) bond motifs is 1. The number of hydrogen-bond donors (Lipinski definition) is 4. The molecule has 8 nitrogen and oxygen atoms in total. The second-order valence-corrected chi connectivity index (χ2v) is 11.8.